The molecule has 9 fully saturated rings. The van der Waals surface area contributed by atoms with Gasteiger partial charge in [0.05, 0.1) is 6.61 Å². The summed E-state index contributed by atoms with van der Waals surface area (Å²) in [6.45, 7) is 13.6. The van der Waals surface area contributed by atoms with Crippen molar-refractivity contribution in [2.45, 2.75) is 159 Å². The van der Waals surface area contributed by atoms with Gasteiger partial charge in [0.15, 0.2) is 23.3 Å². The summed E-state index contributed by atoms with van der Waals surface area (Å²) < 4.78 is 75.6. The van der Waals surface area contributed by atoms with Crippen LogP contribution < -0.4 is 0 Å². The smallest absolute Gasteiger partial charge is 0.449 e. The van der Waals surface area contributed by atoms with E-state index in [1.807, 2.05) is 25.8 Å². The van der Waals surface area contributed by atoms with Crippen molar-refractivity contribution >= 4 is 0 Å². The van der Waals surface area contributed by atoms with E-state index >= 15 is 0 Å². The van der Waals surface area contributed by atoms with Crippen molar-refractivity contribution < 1.29 is 56.4 Å². The molecule has 4 bridgehead atoms. The zero-order valence-corrected chi connectivity index (χ0v) is 31.4. The number of hydrogen-bond donors (Lipinski definition) is 0. The molecule has 2 saturated carbocycles. The first-order chi connectivity index (χ1) is 24.0. The summed E-state index contributed by atoms with van der Waals surface area (Å²) in [5.74, 6) is -3.01. The predicted octanol–water partition coefficient (Wildman–Crippen LogP) is 7.77. The fourth-order valence-electron chi connectivity index (χ4n) is 11.5. The minimum atomic E-state index is -4.65. The number of ether oxygens (including phenoxy) is 5. The topological polar surface area (TPSA) is 86.3 Å². The van der Waals surface area contributed by atoms with E-state index in [1.165, 1.54) is 0 Å². The normalized spacial score (nSPS) is 50.4. The first-order valence-corrected chi connectivity index (χ1v) is 19.6. The molecule has 10 aliphatic rings. The standard InChI is InChI=1S/C38H58F3NO9/c1-22-11-13-28-24(3)35(6,47-32-36(28)26(22)15-18-34(5,46-32)49-50-36)43-20-10-8-9-19-42(7)21-25-29-14-12-23(2)27-16-17-33(4)45-31(37(27,29)51-48-33)44-30(25)38(39,40)41/h22-24,26-29,31-32H,8-21H2,1-7H3/t22-,23-,24-,26?,27?,28+,29+,31-,32+,33+,34+,35+,36-,37-/m1/s1. The number of fused-ring (bicyclic) bond motifs is 4. The Labute approximate surface area is 300 Å². The van der Waals surface area contributed by atoms with Crippen LogP contribution in [-0.2, 0) is 43.2 Å². The largest absolute Gasteiger partial charge is 0.456 e. The van der Waals surface area contributed by atoms with Gasteiger partial charge in [-0.05, 0) is 115 Å². The summed E-state index contributed by atoms with van der Waals surface area (Å²) in [6.07, 6.45) is 2.62. The summed E-state index contributed by atoms with van der Waals surface area (Å²) in [5.41, 5.74) is -1.49. The van der Waals surface area contributed by atoms with Crippen molar-refractivity contribution in [3.8, 4) is 0 Å². The van der Waals surface area contributed by atoms with Gasteiger partial charge in [-0.3, -0.25) is 0 Å². The third kappa shape index (κ3) is 5.84. The molecule has 51 heavy (non-hydrogen) atoms. The first-order valence-electron chi connectivity index (χ1n) is 19.6. The average Bonchev–Trinajstić information content (AvgIpc) is 3.44. The number of likely N-dealkylation sites (N-methyl/N-ethyl adjacent to an activating group) is 1. The molecule has 0 N–H and O–H groups in total. The van der Waals surface area contributed by atoms with Crippen LogP contribution in [0.1, 0.15) is 112 Å². The Kier molecular flexibility index (Phi) is 9.24. The van der Waals surface area contributed by atoms with Crippen LogP contribution in [0.4, 0.5) is 13.2 Å². The van der Waals surface area contributed by atoms with Gasteiger partial charge in [-0.1, -0.05) is 20.8 Å². The van der Waals surface area contributed by atoms with Gasteiger partial charge in [-0.25, -0.2) is 19.6 Å². The number of nitrogens with zero attached hydrogens (tertiary/aromatic N) is 1. The highest BCUT2D eigenvalue weighted by molar-refractivity contribution is 5.29. The van der Waals surface area contributed by atoms with Crippen LogP contribution in [-0.4, -0.2) is 79.0 Å². The van der Waals surface area contributed by atoms with E-state index in [0.717, 1.165) is 57.8 Å². The third-order valence-corrected chi connectivity index (χ3v) is 14.5. The van der Waals surface area contributed by atoms with E-state index < -0.39 is 59.0 Å². The highest BCUT2D eigenvalue weighted by atomic mass is 19.4. The van der Waals surface area contributed by atoms with Crippen molar-refractivity contribution in [2.75, 3.05) is 26.7 Å². The van der Waals surface area contributed by atoms with Gasteiger partial charge in [0.1, 0.15) is 0 Å². The molecule has 0 aromatic carbocycles. The van der Waals surface area contributed by atoms with E-state index in [9.17, 15) is 13.2 Å². The Morgan fingerprint density at radius 2 is 1.35 bits per heavy atom. The molecule has 8 heterocycles. The van der Waals surface area contributed by atoms with Crippen LogP contribution in [0.2, 0.25) is 0 Å². The number of alkyl halides is 3. The van der Waals surface area contributed by atoms with Crippen molar-refractivity contribution in [3.05, 3.63) is 11.3 Å². The van der Waals surface area contributed by atoms with Crippen LogP contribution in [0.3, 0.4) is 0 Å². The summed E-state index contributed by atoms with van der Waals surface area (Å²) >= 11 is 0. The number of unbranched alkanes of at least 4 members (excludes halogenated alkanes) is 2. The molecular formula is C38H58F3NO9. The molecule has 10 nitrogen and oxygen atoms in total. The molecule has 8 aliphatic heterocycles. The third-order valence-electron chi connectivity index (χ3n) is 14.5. The summed E-state index contributed by atoms with van der Waals surface area (Å²) in [5, 5.41) is 0. The van der Waals surface area contributed by atoms with Gasteiger partial charge in [-0.2, -0.15) is 13.2 Å². The molecule has 0 amide bonds. The number of rotatable bonds is 9. The number of hydrogen-bond acceptors (Lipinski definition) is 10. The summed E-state index contributed by atoms with van der Waals surface area (Å²) in [7, 11) is 1.88. The van der Waals surface area contributed by atoms with Crippen LogP contribution >= 0.6 is 0 Å². The van der Waals surface area contributed by atoms with Gasteiger partial charge < -0.3 is 28.6 Å². The SMILES string of the molecule is C[C@@H]1CC[C@H]2C(CN(C)CCCCCO[C@@]3(C)O[C@@H]4O[C@]5(C)CCC6[C@H](C)CC[C@@H]([C@H]3C)[C@]64OO5)=C(C(F)(F)F)O[C@@H]3O[C@]4(C)CCC1[C@]32OO4. The second-order valence-corrected chi connectivity index (χ2v) is 17.8. The average molecular weight is 730 g/mol. The van der Waals surface area contributed by atoms with Crippen LogP contribution in [0.15, 0.2) is 11.3 Å². The molecule has 2 aliphatic carbocycles. The molecule has 0 radical (unpaired) electrons. The number of allylic oxidation sites excluding steroid dienone is 1. The van der Waals surface area contributed by atoms with Gasteiger partial charge in [0, 0.05) is 43.1 Å². The lowest BCUT2D eigenvalue weighted by atomic mass is 9.57. The zero-order valence-electron chi connectivity index (χ0n) is 31.4. The van der Waals surface area contributed by atoms with E-state index in [1.54, 1.807) is 6.92 Å². The second-order valence-electron chi connectivity index (χ2n) is 17.8. The minimum absolute atomic E-state index is 0.0276. The molecular weight excluding hydrogens is 671 g/mol. The highest BCUT2D eigenvalue weighted by Crippen LogP contribution is 2.63. The quantitative estimate of drug-likeness (QED) is 0.173. The Bertz CT molecular complexity index is 1370. The lowest BCUT2D eigenvalue weighted by Gasteiger charge is -2.62. The molecule has 10 rings (SSSR count). The molecule has 0 aromatic heterocycles. The fraction of sp³-hybridized carbons (Fsp3) is 0.947. The first kappa shape index (κ1) is 36.9. The molecule has 7 saturated heterocycles. The maximum atomic E-state index is 14.6. The predicted molar refractivity (Wildman–Crippen MR) is 176 cm³/mol. The fourth-order valence-corrected chi connectivity index (χ4v) is 11.5. The molecule has 0 aromatic rings. The van der Waals surface area contributed by atoms with E-state index in [4.69, 9.17) is 43.2 Å². The lowest BCUT2D eigenvalue weighted by Crippen LogP contribution is -2.72. The molecule has 2 spiro atoms. The van der Waals surface area contributed by atoms with E-state index in [-0.39, 0.29) is 35.8 Å². The number of halogens is 3. The Hall–Kier alpha value is -1.03. The van der Waals surface area contributed by atoms with Gasteiger partial charge in [0.2, 0.25) is 23.6 Å². The minimum Gasteiger partial charge on any atom is -0.456 e. The molecule has 2 unspecified atom stereocenters. The highest BCUT2D eigenvalue weighted by Gasteiger charge is 2.72. The van der Waals surface area contributed by atoms with E-state index in [0.29, 0.717) is 37.8 Å². The molecule has 14 atom stereocenters. The van der Waals surface area contributed by atoms with E-state index in [2.05, 4.69) is 20.8 Å². The monoisotopic (exact) mass is 729 g/mol. The van der Waals surface area contributed by atoms with Gasteiger partial charge >= 0.3 is 6.18 Å². The summed E-state index contributed by atoms with van der Waals surface area (Å²) in [6, 6.07) is 0. The van der Waals surface area contributed by atoms with Crippen molar-refractivity contribution in [1.29, 1.82) is 0 Å². The van der Waals surface area contributed by atoms with Crippen molar-refractivity contribution in [3.63, 3.8) is 0 Å². The van der Waals surface area contributed by atoms with Crippen LogP contribution in [0.25, 0.3) is 0 Å². The molecule has 13 heteroatoms. The second kappa shape index (κ2) is 12.8. The van der Waals surface area contributed by atoms with Gasteiger partial charge in [0.25, 0.3) is 0 Å². The van der Waals surface area contributed by atoms with Crippen molar-refractivity contribution in [2.24, 2.45) is 41.4 Å². The van der Waals surface area contributed by atoms with Gasteiger partial charge in [-0.15, -0.1) is 0 Å². The zero-order chi connectivity index (χ0) is 36.2. The maximum Gasteiger partial charge on any atom is 0.449 e. The van der Waals surface area contributed by atoms with Crippen molar-refractivity contribution in [1.82, 2.24) is 4.90 Å². The Balaban J connectivity index is 0.889. The Morgan fingerprint density at radius 3 is 2.04 bits per heavy atom. The lowest BCUT2D eigenvalue weighted by molar-refractivity contribution is -0.585. The molecule has 290 valence electrons. The Morgan fingerprint density at radius 1 is 0.725 bits per heavy atom. The summed E-state index contributed by atoms with van der Waals surface area (Å²) in [4.78, 5) is 26.1. The maximum absolute atomic E-state index is 14.6. The van der Waals surface area contributed by atoms with Crippen LogP contribution in [0.5, 0.6) is 0 Å². The van der Waals surface area contributed by atoms with Crippen LogP contribution in [0, 0.1) is 41.4 Å².